The summed E-state index contributed by atoms with van der Waals surface area (Å²) in [5.41, 5.74) is 2.91. The lowest BCUT2D eigenvalue weighted by atomic mass is 9.85. The van der Waals surface area contributed by atoms with E-state index in [9.17, 15) is 4.57 Å². The molecule has 0 bridgehead atoms. The molecule has 0 spiro atoms. The average molecular weight is 514 g/mol. The molecule has 3 rings (SSSR count). The molecular weight excluding hydrogens is 471 g/mol. The van der Waals surface area contributed by atoms with Gasteiger partial charge in [-0.2, -0.15) is 0 Å². The highest BCUT2D eigenvalue weighted by Gasteiger charge is 2.54. The molecule has 2 aromatic rings. The van der Waals surface area contributed by atoms with Crippen molar-refractivity contribution < 1.29 is 22.9 Å². The molecule has 6 heteroatoms. The monoisotopic (exact) mass is 513 g/mol. The number of phosphoric acid groups is 1. The van der Waals surface area contributed by atoms with E-state index in [-0.39, 0.29) is 18.6 Å². The van der Waals surface area contributed by atoms with Crippen molar-refractivity contribution in [2.24, 2.45) is 5.92 Å². The SMILES string of the molecule is CCOP(=O)(OCC)OC(CCCCC/C=C/C1CC1(c1ccccc1)c1ccccc1)[C](C)OC. The van der Waals surface area contributed by atoms with E-state index in [1.165, 1.54) is 11.1 Å². The van der Waals surface area contributed by atoms with Crippen molar-refractivity contribution in [3.8, 4) is 0 Å². The highest BCUT2D eigenvalue weighted by atomic mass is 31.2. The summed E-state index contributed by atoms with van der Waals surface area (Å²) < 4.78 is 34.6. The van der Waals surface area contributed by atoms with Gasteiger partial charge in [0.1, 0.15) is 12.2 Å². The number of hydrogen-bond donors (Lipinski definition) is 0. The van der Waals surface area contributed by atoms with Gasteiger partial charge in [0.25, 0.3) is 0 Å². The molecule has 1 saturated carbocycles. The van der Waals surface area contributed by atoms with Gasteiger partial charge in [-0.15, -0.1) is 0 Å². The van der Waals surface area contributed by atoms with Gasteiger partial charge in [-0.3, -0.25) is 13.6 Å². The molecule has 1 aliphatic carbocycles. The predicted octanol–water partition coefficient (Wildman–Crippen LogP) is 8.26. The van der Waals surface area contributed by atoms with Gasteiger partial charge in [-0.05, 0) is 63.5 Å². The van der Waals surface area contributed by atoms with Gasteiger partial charge in [-0.1, -0.05) is 85.7 Å². The molecule has 1 radical (unpaired) electrons. The number of ether oxygens (including phenoxy) is 1. The quantitative estimate of drug-likeness (QED) is 0.121. The maximum Gasteiger partial charge on any atom is 0.475 e. The molecule has 1 fully saturated rings. The standard InChI is InChI=1S/C30H42O5P/c1-5-33-36(31,34-6-2)35-29(25(3)32-4)23-17-9-7-8-12-22-28-24-30(28,26-18-13-10-14-19-26)27-20-15-11-16-21-27/h10-16,18-22,28-29H,5-9,17,23-24H2,1-4H3/b22-12+. The lowest BCUT2D eigenvalue weighted by Gasteiger charge is -2.26. The Morgan fingerprint density at radius 2 is 1.56 bits per heavy atom. The van der Waals surface area contributed by atoms with Gasteiger partial charge in [0, 0.05) is 12.5 Å². The van der Waals surface area contributed by atoms with Gasteiger partial charge < -0.3 is 4.74 Å². The maximum atomic E-state index is 12.8. The molecule has 197 valence electrons. The molecule has 2 unspecified atom stereocenters. The van der Waals surface area contributed by atoms with Crippen molar-refractivity contribution in [1.29, 1.82) is 0 Å². The third-order valence-electron chi connectivity index (χ3n) is 6.90. The van der Waals surface area contributed by atoms with Crippen LogP contribution in [0.25, 0.3) is 0 Å². The van der Waals surface area contributed by atoms with Crippen LogP contribution in [0.1, 0.15) is 70.4 Å². The number of rotatable bonds is 17. The summed E-state index contributed by atoms with van der Waals surface area (Å²) in [5.74, 6) is 0.533. The molecule has 0 amide bonds. The first-order chi connectivity index (χ1) is 17.5. The van der Waals surface area contributed by atoms with Crippen molar-refractivity contribution >= 4 is 7.82 Å². The zero-order valence-corrected chi connectivity index (χ0v) is 23.1. The summed E-state index contributed by atoms with van der Waals surface area (Å²) in [7, 11) is -1.99. The van der Waals surface area contributed by atoms with Crippen molar-refractivity contribution in [3.05, 3.63) is 90.0 Å². The van der Waals surface area contributed by atoms with Crippen LogP contribution in [0.5, 0.6) is 0 Å². The minimum Gasteiger partial charge on any atom is -0.373 e. The average Bonchev–Trinajstić information content (AvgIpc) is 3.63. The lowest BCUT2D eigenvalue weighted by Crippen LogP contribution is -2.22. The number of benzene rings is 2. The van der Waals surface area contributed by atoms with Crippen molar-refractivity contribution in [1.82, 2.24) is 0 Å². The normalized spacial score (nSPS) is 18.1. The topological polar surface area (TPSA) is 54.0 Å². The molecule has 0 N–H and O–H groups in total. The van der Waals surface area contributed by atoms with E-state index in [0.717, 1.165) is 32.1 Å². The van der Waals surface area contributed by atoms with Crippen LogP contribution < -0.4 is 0 Å². The van der Waals surface area contributed by atoms with E-state index >= 15 is 0 Å². The Labute approximate surface area is 217 Å². The highest BCUT2D eigenvalue weighted by Crippen LogP contribution is 2.59. The third-order valence-corrected chi connectivity index (χ3v) is 8.57. The Balaban J connectivity index is 1.48. The van der Waals surface area contributed by atoms with Gasteiger partial charge in [0.2, 0.25) is 0 Å². The number of phosphoric ester groups is 1. The van der Waals surface area contributed by atoms with E-state index in [4.69, 9.17) is 18.3 Å². The zero-order valence-electron chi connectivity index (χ0n) is 22.2. The molecule has 2 aromatic carbocycles. The van der Waals surface area contributed by atoms with Crippen LogP contribution in [0.3, 0.4) is 0 Å². The summed E-state index contributed by atoms with van der Waals surface area (Å²) in [6.07, 6.45) is 11.0. The van der Waals surface area contributed by atoms with Crippen LogP contribution in [0, 0.1) is 12.0 Å². The first-order valence-electron chi connectivity index (χ1n) is 13.2. The lowest BCUT2D eigenvalue weighted by molar-refractivity contribution is 0.0381. The summed E-state index contributed by atoms with van der Waals surface area (Å²) in [6, 6.07) is 21.8. The van der Waals surface area contributed by atoms with Crippen LogP contribution >= 0.6 is 7.82 Å². The summed E-state index contributed by atoms with van der Waals surface area (Å²) >= 11 is 0. The van der Waals surface area contributed by atoms with E-state index in [2.05, 4.69) is 72.8 Å². The maximum absolute atomic E-state index is 12.8. The number of allylic oxidation sites excluding steroid dienone is 2. The van der Waals surface area contributed by atoms with Crippen molar-refractivity contribution in [2.45, 2.75) is 70.8 Å². The van der Waals surface area contributed by atoms with Gasteiger partial charge in [-0.25, -0.2) is 4.57 Å². The van der Waals surface area contributed by atoms with Crippen LogP contribution in [0.4, 0.5) is 0 Å². The van der Waals surface area contributed by atoms with Gasteiger partial charge in [0.15, 0.2) is 0 Å². The second kappa shape index (κ2) is 14.3. The fraction of sp³-hybridized carbons (Fsp3) is 0.500. The third kappa shape index (κ3) is 7.63. The van der Waals surface area contributed by atoms with Crippen molar-refractivity contribution in [3.63, 3.8) is 0 Å². The Morgan fingerprint density at radius 1 is 0.972 bits per heavy atom. The summed E-state index contributed by atoms with van der Waals surface area (Å²) in [4.78, 5) is 0. The van der Waals surface area contributed by atoms with E-state index in [0.29, 0.717) is 18.4 Å². The van der Waals surface area contributed by atoms with E-state index < -0.39 is 13.9 Å². The smallest absolute Gasteiger partial charge is 0.373 e. The van der Waals surface area contributed by atoms with Crippen LogP contribution in [-0.4, -0.2) is 26.4 Å². The van der Waals surface area contributed by atoms with E-state index in [1.807, 2.05) is 6.92 Å². The Bertz CT molecular complexity index is 912. The first kappa shape index (κ1) is 28.8. The molecular formula is C30H42O5P. The minimum atomic E-state index is -3.59. The molecule has 0 heterocycles. The highest BCUT2D eigenvalue weighted by molar-refractivity contribution is 7.48. The Hall–Kier alpha value is -1.75. The molecule has 1 aliphatic rings. The second-order valence-corrected chi connectivity index (χ2v) is 10.9. The van der Waals surface area contributed by atoms with Gasteiger partial charge >= 0.3 is 7.82 Å². The Kier molecular flexibility index (Phi) is 11.4. The Morgan fingerprint density at radius 3 is 2.08 bits per heavy atom. The van der Waals surface area contributed by atoms with Gasteiger partial charge in [0.05, 0.1) is 13.2 Å². The fourth-order valence-electron chi connectivity index (χ4n) is 4.88. The number of unbranched alkanes of at least 4 members (excludes halogenated alkanes) is 3. The summed E-state index contributed by atoms with van der Waals surface area (Å²) in [5, 5.41) is 0. The zero-order chi connectivity index (χ0) is 25.9. The van der Waals surface area contributed by atoms with Crippen LogP contribution in [0.15, 0.2) is 72.8 Å². The minimum absolute atomic E-state index is 0.103. The molecule has 0 aliphatic heterocycles. The first-order valence-corrected chi connectivity index (χ1v) is 14.7. The van der Waals surface area contributed by atoms with E-state index in [1.54, 1.807) is 21.0 Å². The molecule has 0 aromatic heterocycles. The van der Waals surface area contributed by atoms with Crippen molar-refractivity contribution in [2.75, 3.05) is 20.3 Å². The summed E-state index contributed by atoms with van der Waals surface area (Å²) in [6.45, 7) is 5.92. The van der Waals surface area contributed by atoms with Crippen LogP contribution in [0.2, 0.25) is 0 Å². The number of methoxy groups -OCH3 is 1. The number of hydrogen-bond acceptors (Lipinski definition) is 5. The molecule has 0 saturated heterocycles. The molecule has 2 atom stereocenters. The largest absolute Gasteiger partial charge is 0.475 e. The fourth-order valence-corrected chi connectivity index (χ4v) is 6.28. The van der Waals surface area contributed by atoms with Crippen LogP contribution in [-0.2, 0) is 28.3 Å². The second-order valence-electron chi connectivity index (χ2n) is 9.27. The molecule has 5 nitrogen and oxygen atoms in total. The predicted molar refractivity (Wildman–Crippen MR) is 146 cm³/mol. The molecule has 36 heavy (non-hydrogen) atoms.